The second-order valence-corrected chi connectivity index (χ2v) is 6.22. The first kappa shape index (κ1) is 19.6. The molecule has 3 rings (SSSR count). The van der Waals surface area contributed by atoms with Crippen LogP contribution in [0.15, 0.2) is 24.3 Å². The van der Waals surface area contributed by atoms with Gasteiger partial charge in [0.15, 0.2) is 23.3 Å². The van der Waals surface area contributed by atoms with Crippen LogP contribution in [0.2, 0.25) is 0 Å². The second kappa shape index (κ2) is 6.77. The van der Waals surface area contributed by atoms with Crippen LogP contribution in [0.25, 0.3) is 0 Å². The summed E-state index contributed by atoms with van der Waals surface area (Å²) in [6, 6.07) is 5.03. The summed E-state index contributed by atoms with van der Waals surface area (Å²) in [5, 5.41) is 2.37. The van der Waals surface area contributed by atoms with E-state index in [0.717, 1.165) is 0 Å². The molecular weight excluding hydrogens is 387 g/mol. The molecule has 0 saturated carbocycles. The van der Waals surface area contributed by atoms with Crippen LogP contribution in [0, 0.1) is 29.1 Å². The van der Waals surface area contributed by atoms with Crippen molar-refractivity contribution in [1.29, 1.82) is 0 Å². The summed E-state index contributed by atoms with van der Waals surface area (Å²) in [6.07, 6.45) is 0. The van der Waals surface area contributed by atoms with Gasteiger partial charge in [0.05, 0.1) is 13.7 Å². The van der Waals surface area contributed by atoms with E-state index in [1.54, 1.807) is 0 Å². The fourth-order valence-electron chi connectivity index (χ4n) is 2.91. The first-order valence-corrected chi connectivity index (χ1v) is 7.90. The number of nitrogens with one attached hydrogen (secondary N) is 1. The Bertz CT molecular complexity index is 951. The Kier molecular flexibility index (Phi) is 4.74. The minimum absolute atomic E-state index is 0.339. The number of methoxy groups -OCH3 is 1. The predicted octanol–water partition coefficient (Wildman–Crippen LogP) is 3.36. The third-order valence-corrected chi connectivity index (χ3v) is 4.56. The molecule has 28 heavy (non-hydrogen) atoms. The van der Waals surface area contributed by atoms with Crippen molar-refractivity contribution < 1.29 is 36.3 Å². The van der Waals surface area contributed by atoms with Gasteiger partial charge in [-0.15, -0.1) is 0 Å². The summed E-state index contributed by atoms with van der Waals surface area (Å²) < 4.78 is 72.8. The van der Waals surface area contributed by atoms with Crippen molar-refractivity contribution in [2.75, 3.05) is 7.11 Å². The zero-order valence-electron chi connectivity index (χ0n) is 14.6. The number of carbonyl (C=O) groups excluding carboxylic acids is 2. The van der Waals surface area contributed by atoms with Gasteiger partial charge in [-0.2, -0.15) is 0 Å². The summed E-state index contributed by atoms with van der Waals surface area (Å²) in [6.45, 7) is 0.232. The molecule has 1 aliphatic rings. The number of halogens is 5. The van der Waals surface area contributed by atoms with Crippen LogP contribution in [0.1, 0.15) is 18.1 Å². The van der Waals surface area contributed by atoms with Gasteiger partial charge in [0.1, 0.15) is 11.3 Å². The number of amides is 3. The molecule has 1 saturated heterocycles. The first-order valence-electron chi connectivity index (χ1n) is 7.90. The van der Waals surface area contributed by atoms with Crippen LogP contribution in [0.3, 0.4) is 0 Å². The third-order valence-electron chi connectivity index (χ3n) is 4.56. The van der Waals surface area contributed by atoms with Crippen LogP contribution >= 0.6 is 0 Å². The molecule has 3 amide bonds. The quantitative estimate of drug-likeness (QED) is 0.371. The number of benzene rings is 2. The van der Waals surface area contributed by atoms with Crippen molar-refractivity contribution in [3.63, 3.8) is 0 Å². The summed E-state index contributed by atoms with van der Waals surface area (Å²) >= 11 is 0. The Hall–Kier alpha value is -3.17. The summed E-state index contributed by atoms with van der Waals surface area (Å²) in [5.41, 5.74) is -2.53. The lowest BCUT2D eigenvalue weighted by molar-refractivity contribution is -0.131. The van der Waals surface area contributed by atoms with Crippen molar-refractivity contribution in [2.45, 2.75) is 19.0 Å². The van der Waals surface area contributed by atoms with E-state index in [-0.39, 0.29) is 0 Å². The highest BCUT2D eigenvalue weighted by atomic mass is 19.2. The van der Waals surface area contributed by atoms with Crippen LogP contribution in [-0.4, -0.2) is 23.9 Å². The lowest BCUT2D eigenvalue weighted by atomic mass is 9.92. The van der Waals surface area contributed by atoms with Crippen LogP contribution in [0.5, 0.6) is 5.75 Å². The Morgan fingerprint density at radius 2 is 1.43 bits per heavy atom. The lowest BCUT2D eigenvalue weighted by Gasteiger charge is -2.22. The smallest absolute Gasteiger partial charge is 0.325 e. The molecule has 1 aliphatic heterocycles. The number of nitrogens with zero attached hydrogens (tertiary/aromatic N) is 1. The molecule has 0 radical (unpaired) electrons. The van der Waals surface area contributed by atoms with Crippen molar-refractivity contribution in [1.82, 2.24) is 10.2 Å². The third kappa shape index (κ3) is 2.85. The van der Waals surface area contributed by atoms with Crippen LogP contribution in [0.4, 0.5) is 26.7 Å². The topological polar surface area (TPSA) is 58.6 Å². The molecular formula is C18H13F5N2O3. The van der Waals surface area contributed by atoms with Gasteiger partial charge in [0, 0.05) is 5.56 Å². The maximum absolute atomic E-state index is 13.9. The van der Waals surface area contributed by atoms with Crippen molar-refractivity contribution in [3.8, 4) is 5.75 Å². The van der Waals surface area contributed by atoms with E-state index in [4.69, 9.17) is 4.74 Å². The van der Waals surface area contributed by atoms with Crippen molar-refractivity contribution >= 4 is 11.9 Å². The number of hydrogen-bond donors (Lipinski definition) is 1. The van der Waals surface area contributed by atoms with Gasteiger partial charge in [-0.25, -0.2) is 26.7 Å². The monoisotopic (exact) mass is 400 g/mol. The molecule has 1 fully saturated rings. The SMILES string of the molecule is COc1ccc([C@]2(C)NC(=O)N(Cc3c(F)c(F)c(F)c(F)c3F)C2=O)cc1. The van der Waals surface area contributed by atoms with Gasteiger partial charge in [-0.05, 0) is 24.6 Å². The van der Waals surface area contributed by atoms with Crippen LogP contribution in [-0.2, 0) is 16.9 Å². The molecule has 1 N–H and O–H groups in total. The first-order chi connectivity index (χ1) is 13.1. The van der Waals surface area contributed by atoms with Crippen molar-refractivity contribution in [3.05, 3.63) is 64.5 Å². The second-order valence-electron chi connectivity index (χ2n) is 6.22. The van der Waals surface area contributed by atoms with Gasteiger partial charge in [-0.1, -0.05) is 12.1 Å². The van der Waals surface area contributed by atoms with E-state index in [1.807, 2.05) is 0 Å². The minimum Gasteiger partial charge on any atom is -0.497 e. The molecule has 0 spiro atoms. The van der Waals surface area contributed by atoms with E-state index in [0.29, 0.717) is 16.2 Å². The highest BCUT2D eigenvalue weighted by Gasteiger charge is 2.49. The molecule has 0 aromatic heterocycles. The van der Waals surface area contributed by atoms with E-state index in [2.05, 4.69) is 5.32 Å². The van der Waals surface area contributed by atoms with Gasteiger partial charge >= 0.3 is 6.03 Å². The zero-order valence-corrected chi connectivity index (χ0v) is 14.6. The van der Waals surface area contributed by atoms with Gasteiger partial charge in [0.25, 0.3) is 5.91 Å². The number of ether oxygens (including phenoxy) is 1. The standard InChI is InChI=1S/C18H13F5N2O3/c1-18(8-3-5-9(28-2)6-4-8)16(26)25(17(27)24-18)7-10-11(19)13(21)15(23)14(22)12(10)20/h3-6H,7H2,1-2H3,(H,24,27)/t18-/m0/s1. The molecule has 2 aromatic carbocycles. The molecule has 0 bridgehead atoms. The molecule has 148 valence electrons. The molecule has 1 heterocycles. The molecule has 2 aromatic rings. The Balaban J connectivity index is 1.97. The summed E-state index contributed by atoms with van der Waals surface area (Å²) in [5.74, 6) is -11.3. The lowest BCUT2D eigenvalue weighted by Crippen LogP contribution is -2.40. The van der Waals surface area contributed by atoms with E-state index >= 15 is 0 Å². The van der Waals surface area contributed by atoms with Crippen molar-refractivity contribution in [2.24, 2.45) is 0 Å². The minimum atomic E-state index is -2.32. The van der Waals surface area contributed by atoms with Crippen LogP contribution < -0.4 is 10.1 Å². The fourth-order valence-corrected chi connectivity index (χ4v) is 2.91. The normalized spacial score (nSPS) is 19.2. The number of rotatable bonds is 4. The average molecular weight is 400 g/mol. The maximum Gasteiger partial charge on any atom is 0.325 e. The van der Waals surface area contributed by atoms with Gasteiger partial charge in [0.2, 0.25) is 5.82 Å². The Morgan fingerprint density at radius 3 is 1.93 bits per heavy atom. The number of hydrogen-bond acceptors (Lipinski definition) is 3. The molecule has 1 atom stereocenters. The van der Waals surface area contributed by atoms with E-state index < -0.39 is 58.7 Å². The van der Waals surface area contributed by atoms with E-state index in [1.165, 1.54) is 38.3 Å². The molecule has 5 nitrogen and oxygen atoms in total. The maximum atomic E-state index is 13.9. The number of carbonyl (C=O) groups is 2. The Morgan fingerprint density at radius 1 is 0.929 bits per heavy atom. The molecule has 10 heteroatoms. The summed E-state index contributed by atoms with van der Waals surface area (Å²) in [4.78, 5) is 25.4. The highest BCUT2D eigenvalue weighted by Crippen LogP contribution is 2.32. The largest absolute Gasteiger partial charge is 0.497 e. The molecule has 0 unspecified atom stereocenters. The summed E-state index contributed by atoms with van der Waals surface area (Å²) in [7, 11) is 1.44. The highest BCUT2D eigenvalue weighted by molar-refractivity contribution is 6.07. The van der Waals surface area contributed by atoms with Gasteiger partial charge < -0.3 is 10.1 Å². The number of imide groups is 1. The zero-order chi connectivity index (χ0) is 20.8. The predicted molar refractivity (Wildman–Crippen MR) is 85.7 cm³/mol. The number of urea groups is 1. The van der Waals surface area contributed by atoms with E-state index in [9.17, 15) is 31.5 Å². The molecule has 0 aliphatic carbocycles. The fraction of sp³-hybridized carbons (Fsp3) is 0.222. The van der Waals surface area contributed by atoms with Gasteiger partial charge in [-0.3, -0.25) is 9.69 Å². The average Bonchev–Trinajstić information content (AvgIpc) is 2.91. The Labute approximate surface area is 155 Å².